The summed E-state index contributed by atoms with van der Waals surface area (Å²) >= 11 is 0. The van der Waals surface area contributed by atoms with Gasteiger partial charge in [-0.3, -0.25) is 0 Å². The third kappa shape index (κ3) is 15.7. The van der Waals surface area contributed by atoms with E-state index in [4.69, 9.17) is 51.1 Å². The zero-order valence-corrected chi connectivity index (χ0v) is 13.0. The Morgan fingerprint density at radius 3 is 1.42 bits per heavy atom. The largest absolute Gasteiger partial charge is 0.479 e. The van der Waals surface area contributed by atoms with Crippen LogP contribution in [-0.2, 0) is 9.59 Å². The van der Waals surface area contributed by atoms with Crippen LogP contribution in [0.15, 0.2) is 0 Å². The van der Waals surface area contributed by atoms with E-state index in [2.05, 4.69) is 0 Å². The van der Waals surface area contributed by atoms with Crippen LogP contribution in [0.3, 0.4) is 0 Å². The second-order valence-corrected chi connectivity index (χ2v) is 4.39. The second kappa shape index (κ2) is 16.6. The molecule has 1 unspecified atom stereocenters. The highest BCUT2D eigenvalue weighted by atomic mass is 16.4. The van der Waals surface area contributed by atoms with Crippen molar-refractivity contribution in [1.82, 2.24) is 0 Å². The lowest BCUT2D eigenvalue weighted by molar-refractivity contribution is -0.145. The van der Waals surface area contributed by atoms with Gasteiger partial charge < -0.3 is 55.9 Å². The Labute approximate surface area is 137 Å². The number of aldehydes is 1. The third-order valence-corrected chi connectivity index (χ3v) is 2.20. The van der Waals surface area contributed by atoms with E-state index in [0.717, 1.165) is 0 Å². The number of rotatable bonds is 8. The van der Waals surface area contributed by atoms with Crippen LogP contribution >= 0.6 is 0 Å². The van der Waals surface area contributed by atoms with Gasteiger partial charge in [0.25, 0.3) is 0 Å². The summed E-state index contributed by atoms with van der Waals surface area (Å²) in [6, 6.07) is 0. The molecule has 0 amide bonds. The predicted molar refractivity (Wildman–Crippen MR) is 76.7 cm³/mol. The van der Waals surface area contributed by atoms with Gasteiger partial charge in [-0.1, -0.05) is 0 Å². The molecule has 0 saturated heterocycles. The van der Waals surface area contributed by atoms with E-state index in [0.29, 0.717) is 0 Å². The first-order chi connectivity index (χ1) is 11.0. The van der Waals surface area contributed by atoms with E-state index >= 15 is 0 Å². The van der Waals surface area contributed by atoms with E-state index in [1.807, 2.05) is 0 Å². The maximum atomic E-state index is 9.90. The molecule has 0 rings (SSSR count). The highest BCUT2D eigenvalue weighted by Gasteiger charge is 2.29. The molecule has 0 spiro atoms. The molecule has 0 heterocycles. The van der Waals surface area contributed by atoms with Crippen molar-refractivity contribution in [3.63, 3.8) is 0 Å². The highest BCUT2D eigenvalue weighted by Crippen LogP contribution is 2.02. The molecule has 0 aliphatic carbocycles. The van der Waals surface area contributed by atoms with Crippen LogP contribution in [0.4, 0.5) is 0 Å². The Morgan fingerprint density at radius 1 is 0.875 bits per heavy atom. The molecule has 0 aromatic rings. The number of carbonyl (C=O) groups is 2. The van der Waals surface area contributed by atoms with E-state index in [9.17, 15) is 9.59 Å². The lowest BCUT2D eigenvalue weighted by Crippen LogP contribution is -2.46. The molecule has 0 aliphatic heterocycles. The Kier molecular flexibility index (Phi) is 19.1. The van der Waals surface area contributed by atoms with Gasteiger partial charge in [-0.25, -0.2) is 4.79 Å². The lowest BCUT2D eigenvalue weighted by Gasteiger charge is -2.22. The Morgan fingerprint density at radius 2 is 1.25 bits per heavy atom. The van der Waals surface area contributed by atoms with Crippen molar-refractivity contribution in [1.29, 1.82) is 0 Å². The standard InChI is InChI=1S/C6H12O6.C3H8O3.C3H6O3/c7-1-3(9)5(11)6(12)4(10)2-8;4-1-3(6)2-5;1-2(4)3(5)6/h1,3-6,8-12H,2H2;3-6H,1-2H2;2,4H,1H3,(H,5,6)/t3-,4+,5+,6+;;/m0../s1. The molecule has 12 nitrogen and oxygen atoms in total. The van der Waals surface area contributed by atoms with E-state index in [-0.39, 0.29) is 19.5 Å². The molecule has 0 saturated carbocycles. The molecule has 0 aromatic carbocycles. The fraction of sp³-hybridized carbons (Fsp3) is 0.833. The average Bonchev–Trinajstić information content (AvgIpc) is 2.58. The molecule has 24 heavy (non-hydrogen) atoms. The predicted octanol–water partition coefficient (Wildman–Crippen LogP) is -5.60. The zero-order chi connectivity index (χ0) is 19.9. The SMILES string of the molecule is CC(O)C(=O)O.O=C[C@H](O)[C@@H](O)[C@H](O)[C@H](O)CO.OCC(O)CO. The molecular weight excluding hydrogens is 336 g/mol. The summed E-state index contributed by atoms with van der Waals surface area (Å²) in [6.45, 7) is -0.293. The second-order valence-electron chi connectivity index (χ2n) is 4.39. The van der Waals surface area contributed by atoms with Crippen LogP contribution in [-0.4, -0.2) is 120 Å². The first kappa shape index (κ1) is 27.6. The quantitative estimate of drug-likeness (QED) is 0.182. The number of carbonyl (C=O) groups excluding carboxylic acids is 1. The molecule has 5 atom stereocenters. The summed E-state index contributed by atoms with van der Waals surface area (Å²) in [6.07, 6.45) is -9.02. The number of aliphatic hydroxyl groups is 9. The number of aliphatic hydroxyl groups excluding tert-OH is 9. The molecule has 10 N–H and O–H groups in total. The van der Waals surface area contributed by atoms with E-state index < -0.39 is 49.2 Å². The number of hydrogen-bond donors (Lipinski definition) is 10. The number of aliphatic carboxylic acids is 1. The Bertz CT molecular complexity index is 306. The van der Waals surface area contributed by atoms with Crippen LogP contribution in [0.5, 0.6) is 0 Å². The third-order valence-electron chi connectivity index (χ3n) is 2.20. The van der Waals surface area contributed by atoms with E-state index in [1.54, 1.807) is 0 Å². The van der Waals surface area contributed by atoms with E-state index in [1.165, 1.54) is 6.92 Å². The fourth-order valence-corrected chi connectivity index (χ4v) is 0.676. The van der Waals surface area contributed by atoms with Crippen molar-refractivity contribution in [3.05, 3.63) is 0 Å². The maximum Gasteiger partial charge on any atom is 0.332 e. The summed E-state index contributed by atoms with van der Waals surface area (Å²) in [5, 5.41) is 83.3. The van der Waals surface area contributed by atoms with Gasteiger partial charge in [0.15, 0.2) is 6.29 Å². The van der Waals surface area contributed by atoms with Gasteiger partial charge in [-0.2, -0.15) is 0 Å². The van der Waals surface area contributed by atoms with Crippen molar-refractivity contribution >= 4 is 12.3 Å². The summed E-state index contributed by atoms with van der Waals surface area (Å²) in [5.41, 5.74) is 0. The monoisotopic (exact) mass is 362 g/mol. The number of carboxylic acids is 1. The van der Waals surface area contributed by atoms with Crippen molar-refractivity contribution in [2.24, 2.45) is 0 Å². The van der Waals surface area contributed by atoms with Crippen LogP contribution in [0, 0.1) is 0 Å². The molecule has 0 aromatic heterocycles. The Hall–Kier alpha value is -1.22. The molecule has 0 aliphatic rings. The molecular formula is C12H26O12. The molecule has 12 heteroatoms. The summed E-state index contributed by atoms with van der Waals surface area (Å²) in [5.74, 6) is -1.19. The van der Waals surface area contributed by atoms with Crippen molar-refractivity contribution in [3.8, 4) is 0 Å². The molecule has 0 fully saturated rings. The molecule has 0 radical (unpaired) electrons. The zero-order valence-electron chi connectivity index (χ0n) is 13.0. The molecule has 0 bridgehead atoms. The van der Waals surface area contributed by atoms with Gasteiger partial charge in [0.1, 0.15) is 36.6 Å². The minimum atomic E-state index is -1.79. The van der Waals surface area contributed by atoms with Crippen LogP contribution in [0.1, 0.15) is 6.92 Å². The van der Waals surface area contributed by atoms with Gasteiger partial charge >= 0.3 is 5.97 Å². The number of carboxylic acid groups (broad SMARTS) is 1. The minimum absolute atomic E-state index is 0.0258. The van der Waals surface area contributed by atoms with Crippen LogP contribution < -0.4 is 0 Å². The highest BCUT2D eigenvalue weighted by molar-refractivity contribution is 5.71. The van der Waals surface area contributed by atoms with Crippen LogP contribution in [0.25, 0.3) is 0 Å². The van der Waals surface area contributed by atoms with Crippen molar-refractivity contribution in [2.75, 3.05) is 19.8 Å². The minimum Gasteiger partial charge on any atom is -0.479 e. The van der Waals surface area contributed by atoms with Gasteiger partial charge in [-0.15, -0.1) is 0 Å². The summed E-state index contributed by atoms with van der Waals surface area (Å²) in [4.78, 5) is 19.3. The first-order valence-electron chi connectivity index (χ1n) is 6.59. The summed E-state index contributed by atoms with van der Waals surface area (Å²) < 4.78 is 0. The normalized spacial score (nSPS) is 16.5. The average molecular weight is 362 g/mol. The summed E-state index contributed by atoms with van der Waals surface area (Å²) in [7, 11) is 0. The topological polar surface area (TPSA) is 236 Å². The van der Waals surface area contributed by atoms with Crippen LogP contribution in [0.2, 0.25) is 0 Å². The lowest BCUT2D eigenvalue weighted by atomic mass is 10.0. The Balaban J connectivity index is -0.000000309. The van der Waals surface area contributed by atoms with Crippen molar-refractivity contribution in [2.45, 2.75) is 43.5 Å². The van der Waals surface area contributed by atoms with Crippen molar-refractivity contribution < 1.29 is 60.7 Å². The molecule has 146 valence electrons. The van der Waals surface area contributed by atoms with Gasteiger partial charge in [0.2, 0.25) is 0 Å². The maximum absolute atomic E-state index is 9.90. The van der Waals surface area contributed by atoms with Gasteiger partial charge in [-0.05, 0) is 6.92 Å². The van der Waals surface area contributed by atoms with Gasteiger partial charge in [0, 0.05) is 0 Å². The fourth-order valence-electron chi connectivity index (χ4n) is 0.676. The number of hydrogen-bond acceptors (Lipinski definition) is 11. The van der Waals surface area contributed by atoms with Gasteiger partial charge in [0.05, 0.1) is 19.8 Å². The smallest absolute Gasteiger partial charge is 0.332 e. The first-order valence-corrected chi connectivity index (χ1v) is 6.59.